The first-order valence-electron chi connectivity index (χ1n) is 9.58. The number of amides is 1. The molecule has 1 fully saturated rings. The molecule has 1 aliphatic carbocycles. The van der Waals surface area contributed by atoms with E-state index in [-0.39, 0.29) is 30.8 Å². The molecule has 1 aliphatic rings. The van der Waals surface area contributed by atoms with Gasteiger partial charge in [0, 0.05) is 11.4 Å². The Bertz CT molecular complexity index is 924. The van der Waals surface area contributed by atoms with Gasteiger partial charge in [0.25, 0.3) is 11.5 Å². The van der Waals surface area contributed by atoms with Gasteiger partial charge in [0.15, 0.2) is 12.3 Å². The molecule has 1 saturated carbocycles. The fourth-order valence-electron chi connectivity index (χ4n) is 3.61. The number of carbonyl (C=O) groups excluding carboxylic acids is 2. The first-order chi connectivity index (χ1) is 13.5. The normalized spacial score (nSPS) is 19.4. The van der Waals surface area contributed by atoms with Crippen molar-refractivity contribution in [1.29, 1.82) is 0 Å². The van der Waals surface area contributed by atoms with Gasteiger partial charge in [-0.2, -0.15) is 5.10 Å². The van der Waals surface area contributed by atoms with Crippen molar-refractivity contribution < 1.29 is 19.4 Å². The fraction of sp³-hybridized carbons (Fsp3) is 0.500. The molecule has 0 aliphatic heterocycles. The van der Waals surface area contributed by atoms with Gasteiger partial charge in [-0.15, -0.1) is 0 Å². The van der Waals surface area contributed by atoms with Crippen molar-refractivity contribution in [2.45, 2.75) is 45.2 Å². The van der Waals surface area contributed by atoms with Crippen LogP contribution in [-0.2, 0) is 16.1 Å². The van der Waals surface area contributed by atoms with Crippen molar-refractivity contribution in [3.8, 4) is 0 Å². The largest absolute Gasteiger partial charge is 0.451 e. The first-order valence-corrected chi connectivity index (χ1v) is 9.58. The Morgan fingerprint density at radius 1 is 1.25 bits per heavy atom. The smallest absolute Gasteiger partial charge is 0.359 e. The Labute approximate surface area is 162 Å². The predicted octanol–water partition coefficient (Wildman–Crippen LogP) is 1.24. The number of hydrogen-bond donors (Lipinski definition) is 2. The third-order valence-corrected chi connectivity index (χ3v) is 5.17. The maximum absolute atomic E-state index is 12.5. The van der Waals surface area contributed by atoms with Crippen molar-refractivity contribution in [2.75, 3.05) is 13.2 Å². The Hall–Kier alpha value is -2.74. The van der Waals surface area contributed by atoms with Crippen LogP contribution in [0.15, 0.2) is 29.1 Å². The summed E-state index contributed by atoms with van der Waals surface area (Å²) in [6, 6.07) is 6.66. The molecule has 0 bridgehead atoms. The minimum atomic E-state index is -0.783. The van der Waals surface area contributed by atoms with Crippen LogP contribution in [0, 0.1) is 5.92 Å². The number of aliphatic hydroxyl groups excluding tert-OH is 1. The Kier molecular flexibility index (Phi) is 6.41. The molecule has 0 saturated heterocycles. The topological polar surface area (TPSA) is 111 Å². The summed E-state index contributed by atoms with van der Waals surface area (Å²) in [5, 5.41) is 16.8. The molecule has 3 rings (SSSR count). The number of rotatable bonds is 6. The van der Waals surface area contributed by atoms with Crippen molar-refractivity contribution in [1.82, 2.24) is 15.1 Å². The summed E-state index contributed by atoms with van der Waals surface area (Å²) in [5.41, 5.74) is -0.451. The molecule has 8 heteroatoms. The molecule has 2 aromatic rings. The third kappa shape index (κ3) is 4.39. The molecule has 2 atom stereocenters. The lowest BCUT2D eigenvalue weighted by molar-refractivity contribution is -0.125. The van der Waals surface area contributed by atoms with Gasteiger partial charge in [0.05, 0.1) is 18.5 Å². The number of carbonyl (C=O) groups is 2. The Morgan fingerprint density at radius 3 is 2.68 bits per heavy atom. The highest BCUT2D eigenvalue weighted by atomic mass is 16.5. The summed E-state index contributed by atoms with van der Waals surface area (Å²) in [6.45, 7) is 1.37. The van der Waals surface area contributed by atoms with Crippen LogP contribution in [0.4, 0.5) is 0 Å². The quantitative estimate of drug-likeness (QED) is 0.722. The molecule has 28 heavy (non-hydrogen) atoms. The number of nitrogens with zero attached hydrogens (tertiary/aromatic N) is 2. The van der Waals surface area contributed by atoms with E-state index in [1.807, 2.05) is 0 Å². The number of aliphatic hydroxyl groups is 1. The summed E-state index contributed by atoms with van der Waals surface area (Å²) in [5.74, 6) is -0.726. The average molecular weight is 387 g/mol. The highest BCUT2D eigenvalue weighted by molar-refractivity contribution is 6.02. The summed E-state index contributed by atoms with van der Waals surface area (Å²) < 4.78 is 6.19. The zero-order chi connectivity index (χ0) is 20.1. The van der Waals surface area contributed by atoms with Crippen LogP contribution in [-0.4, -0.2) is 46.0 Å². The minimum absolute atomic E-state index is 0.0377. The van der Waals surface area contributed by atoms with Crippen LogP contribution in [0.1, 0.15) is 43.1 Å². The summed E-state index contributed by atoms with van der Waals surface area (Å²) >= 11 is 0. The third-order valence-electron chi connectivity index (χ3n) is 5.17. The van der Waals surface area contributed by atoms with Gasteiger partial charge in [-0.05, 0) is 24.8 Å². The molecular formula is C20H25N3O5. The molecule has 150 valence electrons. The second-order valence-electron chi connectivity index (χ2n) is 7.16. The van der Waals surface area contributed by atoms with Crippen molar-refractivity contribution >= 4 is 22.6 Å². The summed E-state index contributed by atoms with van der Waals surface area (Å²) in [4.78, 5) is 37.1. The predicted molar refractivity (Wildman–Crippen MR) is 103 cm³/mol. The standard InChI is InChI=1S/C20H25N3O5/c1-13-6-2-5-9-16(13)21-17(25)12-28-20(27)18-14-7-3-4-8-15(14)19(26)23(22-18)10-11-24/h3-4,7-8,13,16,24H,2,5-6,9-12H2,1H3,(H,21,25)/t13-,16+/m1/s1. The molecule has 0 radical (unpaired) electrons. The van der Waals surface area contributed by atoms with Crippen LogP contribution in [0.3, 0.4) is 0 Å². The van der Waals surface area contributed by atoms with Crippen LogP contribution in [0.25, 0.3) is 10.8 Å². The average Bonchev–Trinajstić information content (AvgIpc) is 2.70. The molecule has 2 N–H and O–H groups in total. The van der Waals surface area contributed by atoms with Gasteiger partial charge >= 0.3 is 5.97 Å². The first kappa shape index (κ1) is 20.0. The number of fused-ring (bicyclic) bond motifs is 1. The lowest BCUT2D eigenvalue weighted by Crippen LogP contribution is -2.43. The van der Waals surface area contributed by atoms with E-state index >= 15 is 0 Å². The Balaban J connectivity index is 1.73. The van der Waals surface area contributed by atoms with Crippen molar-refractivity contribution in [2.24, 2.45) is 5.92 Å². The van der Waals surface area contributed by atoms with E-state index in [1.54, 1.807) is 24.3 Å². The van der Waals surface area contributed by atoms with E-state index in [2.05, 4.69) is 17.3 Å². The second kappa shape index (κ2) is 8.97. The zero-order valence-corrected chi connectivity index (χ0v) is 15.9. The number of esters is 1. The summed E-state index contributed by atoms with van der Waals surface area (Å²) in [7, 11) is 0. The molecular weight excluding hydrogens is 362 g/mol. The van der Waals surface area contributed by atoms with Gasteiger partial charge in [-0.3, -0.25) is 9.59 Å². The maximum Gasteiger partial charge on any atom is 0.359 e. The van der Waals surface area contributed by atoms with E-state index in [9.17, 15) is 14.4 Å². The zero-order valence-electron chi connectivity index (χ0n) is 15.9. The minimum Gasteiger partial charge on any atom is -0.451 e. The number of nitrogens with one attached hydrogen (secondary N) is 1. The lowest BCUT2D eigenvalue weighted by Gasteiger charge is -2.29. The van der Waals surface area contributed by atoms with E-state index in [1.165, 1.54) is 6.42 Å². The van der Waals surface area contributed by atoms with Crippen LogP contribution in [0.5, 0.6) is 0 Å². The van der Waals surface area contributed by atoms with E-state index in [4.69, 9.17) is 9.84 Å². The van der Waals surface area contributed by atoms with E-state index in [0.717, 1.165) is 23.9 Å². The second-order valence-corrected chi connectivity index (χ2v) is 7.16. The maximum atomic E-state index is 12.5. The molecule has 1 aromatic heterocycles. The molecule has 1 aromatic carbocycles. The summed E-state index contributed by atoms with van der Waals surface area (Å²) in [6.07, 6.45) is 4.26. The molecule has 8 nitrogen and oxygen atoms in total. The fourth-order valence-corrected chi connectivity index (χ4v) is 3.61. The highest BCUT2D eigenvalue weighted by Gasteiger charge is 2.24. The molecule has 0 spiro atoms. The van der Waals surface area contributed by atoms with Gasteiger partial charge in [-0.1, -0.05) is 38.0 Å². The number of hydrogen-bond acceptors (Lipinski definition) is 6. The van der Waals surface area contributed by atoms with Crippen molar-refractivity contribution in [3.63, 3.8) is 0 Å². The van der Waals surface area contributed by atoms with Crippen LogP contribution in [0.2, 0.25) is 0 Å². The monoisotopic (exact) mass is 387 g/mol. The SMILES string of the molecule is C[C@@H]1CCCC[C@@H]1NC(=O)COC(=O)c1nn(CCO)c(=O)c2ccccc12. The van der Waals surface area contributed by atoms with Gasteiger partial charge in [-0.25, -0.2) is 9.48 Å². The van der Waals surface area contributed by atoms with Gasteiger partial charge in [0.1, 0.15) is 0 Å². The van der Waals surface area contributed by atoms with E-state index in [0.29, 0.717) is 16.7 Å². The molecule has 1 amide bonds. The van der Waals surface area contributed by atoms with E-state index < -0.39 is 18.1 Å². The van der Waals surface area contributed by atoms with Crippen LogP contribution < -0.4 is 10.9 Å². The Morgan fingerprint density at radius 2 is 1.96 bits per heavy atom. The number of benzene rings is 1. The molecule has 0 unspecified atom stereocenters. The molecule has 1 heterocycles. The number of ether oxygens (including phenoxy) is 1. The number of aromatic nitrogens is 2. The van der Waals surface area contributed by atoms with Crippen molar-refractivity contribution in [3.05, 3.63) is 40.3 Å². The van der Waals surface area contributed by atoms with Crippen LogP contribution >= 0.6 is 0 Å². The lowest BCUT2D eigenvalue weighted by atomic mass is 9.86. The van der Waals surface area contributed by atoms with Gasteiger partial charge < -0.3 is 15.2 Å². The highest BCUT2D eigenvalue weighted by Crippen LogP contribution is 2.23. The van der Waals surface area contributed by atoms with Gasteiger partial charge in [0.2, 0.25) is 0 Å².